The smallest absolute Gasteiger partial charge is 0.257 e. The number of phenolic OH excluding ortho intramolecular Hbond substituents is 1. The maximum absolute atomic E-state index is 12.4. The predicted octanol–water partition coefficient (Wildman–Crippen LogP) is 1.08. The first-order valence-electron chi connectivity index (χ1n) is 7.53. The van der Waals surface area contributed by atoms with Crippen LogP contribution in [0.5, 0.6) is 5.75 Å². The average molecular weight is 342 g/mol. The van der Waals surface area contributed by atoms with Crippen molar-refractivity contribution in [2.24, 2.45) is 11.7 Å². The van der Waals surface area contributed by atoms with E-state index >= 15 is 0 Å². The predicted molar refractivity (Wildman–Crippen MR) is 90.7 cm³/mol. The molecule has 1 aliphatic rings. The van der Waals surface area contributed by atoms with E-state index in [0.717, 1.165) is 0 Å². The molecule has 2 rings (SSSR count). The van der Waals surface area contributed by atoms with Crippen molar-refractivity contribution in [2.45, 2.75) is 19.9 Å². The minimum Gasteiger partial charge on any atom is -0.507 e. The number of hydrogen-bond acceptors (Lipinski definition) is 4. The van der Waals surface area contributed by atoms with E-state index in [2.05, 4.69) is 0 Å². The monoisotopic (exact) mass is 341 g/mol. The van der Waals surface area contributed by atoms with Gasteiger partial charge in [0.2, 0.25) is 5.91 Å². The average Bonchev–Trinajstić information content (AvgIpc) is 2.53. The van der Waals surface area contributed by atoms with Gasteiger partial charge in [-0.3, -0.25) is 9.59 Å². The minimum absolute atomic E-state index is 0. The normalized spacial score (nSPS) is 16.0. The van der Waals surface area contributed by atoms with E-state index in [-0.39, 0.29) is 35.9 Å². The molecule has 6 nitrogen and oxygen atoms in total. The van der Waals surface area contributed by atoms with Crippen LogP contribution < -0.4 is 5.73 Å². The molecule has 0 saturated carbocycles. The van der Waals surface area contributed by atoms with Gasteiger partial charge in [-0.05, 0) is 18.1 Å². The van der Waals surface area contributed by atoms with Gasteiger partial charge in [0, 0.05) is 26.2 Å². The number of hydrogen-bond donors (Lipinski definition) is 2. The van der Waals surface area contributed by atoms with Crippen LogP contribution in [-0.2, 0) is 4.79 Å². The summed E-state index contributed by atoms with van der Waals surface area (Å²) in [6.45, 7) is 5.67. The van der Waals surface area contributed by atoms with E-state index in [1.165, 1.54) is 6.07 Å². The molecule has 0 bridgehead atoms. The Morgan fingerprint density at radius 2 is 1.61 bits per heavy atom. The quantitative estimate of drug-likeness (QED) is 0.861. The molecular formula is C16H24ClN3O3. The molecule has 128 valence electrons. The Hall–Kier alpha value is -1.79. The van der Waals surface area contributed by atoms with Gasteiger partial charge in [0.25, 0.3) is 5.91 Å². The molecule has 0 spiro atoms. The van der Waals surface area contributed by atoms with Crippen LogP contribution in [0, 0.1) is 5.92 Å². The van der Waals surface area contributed by atoms with Gasteiger partial charge < -0.3 is 20.6 Å². The third-order valence-electron chi connectivity index (χ3n) is 4.02. The number of nitrogens with two attached hydrogens (primary N) is 1. The highest BCUT2D eigenvalue weighted by Gasteiger charge is 2.29. The van der Waals surface area contributed by atoms with E-state index in [0.29, 0.717) is 31.7 Å². The van der Waals surface area contributed by atoms with Gasteiger partial charge in [0.1, 0.15) is 5.75 Å². The molecule has 1 aromatic rings. The van der Waals surface area contributed by atoms with E-state index < -0.39 is 6.04 Å². The van der Waals surface area contributed by atoms with E-state index in [1.807, 2.05) is 13.8 Å². The van der Waals surface area contributed by atoms with Crippen molar-refractivity contribution in [1.29, 1.82) is 0 Å². The maximum atomic E-state index is 12.4. The fraction of sp³-hybridized carbons (Fsp3) is 0.500. The molecule has 23 heavy (non-hydrogen) atoms. The van der Waals surface area contributed by atoms with Crippen LogP contribution in [0.25, 0.3) is 0 Å². The summed E-state index contributed by atoms with van der Waals surface area (Å²) in [6.07, 6.45) is 0. The number of nitrogens with zero attached hydrogens (tertiary/aromatic N) is 2. The molecule has 1 aliphatic heterocycles. The van der Waals surface area contributed by atoms with Crippen molar-refractivity contribution in [3.8, 4) is 5.75 Å². The van der Waals surface area contributed by atoms with E-state index in [9.17, 15) is 14.7 Å². The Morgan fingerprint density at radius 1 is 1.09 bits per heavy atom. The molecular weight excluding hydrogens is 318 g/mol. The van der Waals surface area contributed by atoms with E-state index in [4.69, 9.17) is 5.73 Å². The summed E-state index contributed by atoms with van der Waals surface area (Å²) >= 11 is 0. The van der Waals surface area contributed by atoms with Crippen LogP contribution >= 0.6 is 12.4 Å². The first-order valence-corrected chi connectivity index (χ1v) is 7.53. The summed E-state index contributed by atoms with van der Waals surface area (Å²) in [5.74, 6) is -0.204. The third kappa shape index (κ3) is 4.36. The van der Waals surface area contributed by atoms with Gasteiger partial charge >= 0.3 is 0 Å². The SMILES string of the molecule is CC(C)[C@H](N)C(=O)N1CCN(C(=O)c2ccccc2O)CC1.Cl. The number of aromatic hydroxyl groups is 1. The molecule has 0 aliphatic carbocycles. The first-order chi connectivity index (χ1) is 10.4. The van der Waals surface area contributed by atoms with Crippen LogP contribution in [0.2, 0.25) is 0 Å². The van der Waals surface area contributed by atoms with Crippen molar-refractivity contribution in [3.05, 3.63) is 29.8 Å². The Kier molecular flexibility index (Phi) is 6.84. The van der Waals surface area contributed by atoms with Gasteiger partial charge in [-0.2, -0.15) is 0 Å². The molecule has 0 aromatic heterocycles. The van der Waals surface area contributed by atoms with Crippen molar-refractivity contribution in [2.75, 3.05) is 26.2 Å². The third-order valence-corrected chi connectivity index (χ3v) is 4.02. The van der Waals surface area contributed by atoms with Crippen LogP contribution in [0.1, 0.15) is 24.2 Å². The Balaban J connectivity index is 0.00000264. The second-order valence-corrected chi connectivity index (χ2v) is 5.90. The van der Waals surface area contributed by atoms with Gasteiger partial charge in [0.05, 0.1) is 11.6 Å². The highest BCUT2D eigenvalue weighted by Crippen LogP contribution is 2.19. The number of para-hydroxylation sites is 1. The highest BCUT2D eigenvalue weighted by molar-refractivity contribution is 5.97. The van der Waals surface area contributed by atoms with Crippen LogP contribution in [0.4, 0.5) is 0 Å². The fourth-order valence-electron chi connectivity index (χ4n) is 2.45. The van der Waals surface area contributed by atoms with Gasteiger partial charge in [-0.25, -0.2) is 0 Å². The molecule has 3 N–H and O–H groups in total. The molecule has 1 atom stereocenters. The lowest BCUT2D eigenvalue weighted by Crippen LogP contribution is -2.55. The number of piperazine rings is 1. The van der Waals surface area contributed by atoms with Gasteiger partial charge in [-0.1, -0.05) is 26.0 Å². The van der Waals surface area contributed by atoms with Crippen LogP contribution in [0.15, 0.2) is 24.3 Å². The minimum atomic E-state index is -0.500. The van der Waals surface area contributed by atoms with Gasteiger partial charge in [-0.15, -0.1) is 12.4 Å². The largest absolute Gasteiger partial charge is 0.507 e. The summed E-state index contributed by atoms with van der Waals surface area (Å²) in [5, 5.41) is 9.76. The first kappa shape index (κ1) is 19.3. The zero-order valence-corrected chi connectivity index (χ0v) is 14.3. The number of benzene rings is 1. The summed E-state index contributed by atoms with van der Waals surface area (Å²) in [7, 11) is 0. The molecule has 7 heteroatoms. The van der Waals surface area contributed by atoms with Crippen molar-refractivity contribution in [3.63, 3.8) is 0 Å². The number of phenols is 1. The number of amides is 2. The summed E-state index contributed by atoms with van der Waals surface area (Å²) in [5.41, 5.74) is 6.18. The summed E-state index contributed by atoms with van der Waals surface area (Å²) in [4.78, 5) is 27.9. The molecule has 1 aromatic carbocycles. The van der Waals surface area contributed by atoms with Crippen LogP contribution in [0.3, 0.4) is 0 Å². The summed E-state index contributed by atoms with van der Waals surface area (Å²) in [6, 6.07) is 5.99. The highest BCUT2D eigenvalue weighted by atomic mass is 35.5. The van der Waals surface area contributed by atoms with Crippen LogP contribution in [-0.4, -0.2) is 58.9 Å². The van der Waals surface area contributed by atoms with Crippen molar-refractivity contribution < 1.29 is 14.7 Å². The van der Waals surface area contributed by atoms with E-state index in [1.54, 1.807) is 28.0 Å². The maximum Gasteiger partial charge on any atom is 0.257 e. The fourth-order valence-corrected chi connectivity index (χ4v) is 2.45. The zero-order valence-electron chi connectivity index (χ0n) is 13.4. The molecule has 0 radical (unpaired) electrons. The molecule has 1 heterocycles. The lowest BCUT2D eigenvalue weighted by atomic mass is 10.0. The Labute approximate surface area is 142 Å². The topological polar surface area (TPSA) is 86.9 Å². The second-order valence-electron chi connectivity index (χ2n) is 5.90. The number of rotatable bonds is 3. The lowest BCUT2D eigenvalue weighted by Gasteiger charge is -2.36. The number of carbonyl (C=O) groups is 2. The molecule has 2 amide bonds. The lowest BCUT2D eigenvalue weighted by molar-refractivity contribution is -0.135. The molecule has 0 unspecified atom stereocenters. The zero-order chi connectivity index (χ0) is 16.3. The Bertz CT molecular complexity index is 557. The van der Waals surface area contributed by atoms with Crippen molar-refractivity contribution >= 4 is 24.2 Å². The molecule has 1 saturated heterocycles. The standard InChI is InChI=1S/C16H23N3O3.ClH/c1-11(2)14(17)16(22)19-9-7-18(8-10-19)15(21)12-5-3-4-6-13(12)20;/h3-6,11,14,20H,7-10,17H2,1-2H3;1H/t14-;/m0./s1. The number of halogens is 1. The van der Waals surface area contributed by atoms with Gasteiger partial charge in [0.15, 0.2) is 0 Å². The second kappa shape index (κ2) is 8.17. The molecule has 1 fully saturated rings. The Morgan fingerprint density at radius 3 is 2.13 bits per heavy atom. The summed E-state index contributed by atoms with van der Waals surface area (Å²) < 4.78 is 0. The number of carbonyl (C=O) groups excluding carboxylic acids is 2. The van der Waals surface area contributed by atoms with Crippen molar-refractivity contribution in [1.82, 2.24) is 9.80 Å².